The van der Waals surface area contributed by atoms with E-state index in [4.69, 9.17) is 4.74 Å². The number of benzene rings is 2. The van der Waals surface area contributed by atoms with Crippen LogP contribution in [0.1, 0.15) is 0 Å². The van der Waals surface area contributed by atoms with Gasteiger partial charge < -0.3 is 9.72 Å². The molecule has 3 rings (SSSR count). The van der Waals surface area contributed by atoms with Gasteiger partial charge in [-0.15, -0.1) is 0 Å². The molecule has 98 valence electrons. The topological polar surface area (TPSA) is 42.1 Å². The molecule has 0 unspecified atom stereocenters. The third-order valence-electron chi connectivity index (χ3n) is 2.96. The first-order valence-corrected chi connectivity index (χ1v) is 6.34. The quantitative estimate of drug-likeness (QED) is 0.780. The SMILES string of the molecule is O=c1[nH]cccc1-c1ccc(Oc2ccccc2)cc1. The van der Waals surface area contributed by atoms with Gasteiger partial charge >= 0.3 is 0 Å². The van der Waals surface area contributed by atoms with Crippen molar-refractivity contribution in [2.75, 3.05) is 0 Å². The molecule has 0 radical (unpaired) electrons. The third kappa shape index (κ3) is 2.62. The van der Waals surface area contributed by atoms with Crippen LogP contribution in [-0.4, -0.2) is 4.98 Å². The lowest BCUT2D eigenvalue weighted by molar-refractivity contribution is 0.483. The summed E-state index contributed by atoms with van der Waals surface area (Å²) in [6.07, 6.45) is 1.62. The number of hydrogen-bond donors (Lipinski definition) is 1. The van der Waals surface area contributed by atoms with Crippen LogP contribution in [0.3, 0.4) is 0 Å². The first kappa shape index (κ1) is 12.2. The van der Waals surface area contributed by atoms with E-state index in [-0.39, 0.29) is 5.56 Å². The summed E-state index contributed by atoms with van der Waals surface area (Å²) >= 11 is 0. The zero-order chi connectivity index (χ0) is 13.8. The molecule has 0 aliphatic carbocycles. The molecule has 0 amide bonds. The molecular weight excluding hydrogens is 250 g/mol. The Bertz CT molecular complexity index is 746. The van der Waals surface area contributed by atoms with Crippen LogP contribution in [0.5, 0.6) is 11.5 Å². The van der Waals surface area contributed by atoms with E-state index in [1.54, 1.807) is 12.3 Å². The molecule has 0 saturated carbocycles. The zero-order valence-corrected chi connectivity index (χ0v) is 10.7. The van der Waals surface area contributed by atoms with Gasteiger partial charge in [0.1, 0.15) is 11.5 Å². The van der Waals surface area contributed by atoms with Gasteiger partial charge in [-0.3, -0.25) is 4.79 Å². The molecule has 1 N–H and O–H groups in total. The fourth-order valence-electron chi connectivity index (χ4n) is 1.98. The Hall–Kier alpha value is -2.81. The minimum Gasteiger partial charge on any atom is -0.457 e. The summed E-state index contributed by atoms with van der Waals surface area (Å²) in [5.74, 6) is 1.53. The summed E-state index contributed by atoms with van der Waals surface area (Å²) in [6.45, 7) is 0. The molecule has 0 saturated heterocycles. The second-order valence-electron chi connectivity index (χ2n) is 4.35. The molecule has 3 nitrogen and oxygen atoms in total. The van der Waals surface area contributed by atoms with E-state index in [9.17, 15) is 4.79 Å². The van der Waals surface area contributed by atoms with Crippen molar-refractivity contribution in [3.63, 3.8) is 0 Å². The number of aromatic amines is 1. The third-order valence-corrected chi connectivity index (χ3v) is 2.96. The van der Waals surface area contributed by atoms with Gasteiger partial charge in [0.2, 0.25) is 0 Å². The summed E-state index contributed by atoms with van der Waals surface area (Å²) in [7, 11) is 0. The number of aromatic nitrogens is 1. The molecule has 3 aromatic rings. The maximum atomic E-state index is 11.7. The van der Waals surface area contributed by atoms with Gasteiger partial charge in [0.25, 0.3) is 5.56 Å². The molecule has 0 aliphatic heterocycles. The van der Waals surface area contributed by atoms with Crippen LogP contribution < -0.4 is 10.3 Å². The fourth-order valence-corrected chi connectivity index (χ4v) is 1.98. The van der Waals surface area contributed by atoms with Gasteiger partial charge in [-0.25, -0.2) is 0 Å². The Morgan fingerprint density at radius 1 is 0.750 bits per heavy atom. The molecule has 2 aromatic carbocycles. The number of rotatable bonds is 3. The first-order valence-electron chi connectivity index (χ1n) is 6.34. The van der Waals surface area contributed by atoms with Crippen molar-refractivity contribution in [2.45, 2.75) is 0 Å². The number of ether oxygens (including phenoxy) is 1. The van der Waals surface area contributed by atoms with Gasteiger partial charge in [0.15, 0.2) is 0 Å². The fraction of sp³-hybridized carbons (Fsp3) is 0. The van der Waals surface area contributed by atoms with Crippen molar-refractivity contribution in [3.05, 3.63) is 83.3 Å². The highest BCUT2D eigenvalue weighted by Crippen LogP contribution is 2.24. The standard InChI is InChI=1S/C17H13NO2/c19-17-16(7-4-12-18-17)13-8-10-15(11-9-13)20-14-5-2-1-3-6-14/h1-12H,(H,18,19). The predicted molar refractivity (Wildman–Crippen MR) is 79.0 cm³/mol. The van der Waals surface area contributed by atoms with E-state index in [2.05, 4.69) is 4.98 Å². The van der Waals surface area contributed by atoms with E-state index in [0.717, 1.165) is 17.1 Å². The number of para-hydroxylation sites is 1. The van der Waals surface area contributed by atoms with Gasteiger partial charge in [0.05, 0.1) is 0 Å². The Labute approximate surface area is 116 Å². The number of hydrogen-bond acceptors (Lipinski definition) is 2. The van der Waals surface area contributed by atoms with Crippen LogP contribution in [0.2, 0.25) is 0 Å². The Morgan fingerprint density at radius 3 is 2.15 bits per heavy atom. The van der Waals surface area contributed by atoms with Crippen LogP contribution in [0.4, 0.5) is 0 Å². The monoisotopic (exact) mass is 263 g/mol. The van der Waals surface area contributed by atoms with Crippen LogP contribution in [-0.2, 0) is 0 Å². The lowest BCUT2D eigenvalue weighted by Gasteiger charge is -2.06. The molecule has 0 atom stereocenters. The van der Waals surface area contributed by atoms with Gasteiger partial charge in [-0.1, -0.05) is 30.3 Å². The van der Waals surface area contributed by atoms with Gasteiger partial charge in [-0.2, -0.15) is 0 Å². The van der Waals surface area contributed by atoms with Crippen molar-refractivity contribution < 1.29 is 4.74 Å². The molecule has 3 heteroatoms. The largest absolute Gasteiger partial charge is 0.457 e. The highest BCUT2D eigenvalue weighted by atomic mass is 16.5. The van der Waals surface area contributed by atoms with Crippen molar-refractivity contribution in [3.8, 4) is 22.6 Å². The number of pyridine rings is 1. The van der Waals surface area contributed by atoms with Crippen molar-refractivity contribution in [1.29, 1.82) is 0 Å². The summed E-state index contributed by atoms with van der Waals surface area (Å²) in [4.78, 5) is 14.4. The molecule has 0 fully saturated rings. The highest BCUT2D eigenvalue weighted by molar-refractivity contribution is 5.63. The molecule has 0 aliphatic rings. The maximum absolute atomic E-state index is 11.7. The lowest BCUT2D eigenvalue weighted by atomic mass is 10.1. The summed E-state index contributed by atoms with van der Waals surface area (Å²) in [5, 5.41) is 0. The van der Waals surface area contributed by atoms with E-state index >= 15 is 0 Å². The van der Waals surface area contributed by atoms with Crippen molar-refractivity contribution >= 4 is 0 Å². The summed E-state index contributed by atoms with van der Waals surface area (Å²) in [5.41, 5.74) is 1.43. The number of nitrogens with one attached hydrogen (secondary N) is 1. The molecule has 1 heterocycles. The zero-order valence-electron chi connectivity index (χ0n) is 10.7. The van der Waals surface area contributed by atoms with Crippen LogP contribution in [0.15, 0.2) is 77.7 Å². The maximum Gasteiger partial charge on any atom is 0.255 e. The van der Waals surface area contributed by atoms with Crippen LogP contribution in [0.25, 0.3) is 11.1 Å². The average molecular weight is 263 g/mol. The van der Waals surface area contributed by atoms with Crippen molar-refractivity contribution in [2.24, 2.45) is 0 Å². The van der Waals surface area contributed by atoms with E-state index < -0.39 is 0 Å². The van der Waals surface area contributed by atoms with Gasteiger partial charge in [0, 0.05) is 11.8 Å². The summed E-state index contributed by atoms with van der Waals surface area (Å²) in [6, 6.07) is 20.7. The second-order valence-corrected chi connectivity index (χ2v) is 4.35. The minimum absolute atomic E-state index is 0.0933. The van der Waals surface area contributed by atoms with E-state index in [1.807, 2.05) is 60.7 Å². The predicted octanol–water partition coefficient (Wildman–Crippen LogP) is 3.83. The van der Waals surface area contributed by atoms with Crippen LogP contribution in [0, 0.1) is 0 Å². The second kappa shape index (κ2) is 5.45. The van der Waals surface area contributed by atoms with Gasteiger partial charge in [-0.05, 0) is 42.0 Å². The molecule has 0 bridgehead atoms. The molecule has 0 spiro atoms. The molecule has 1 aromatic heterocycles. The van der Waals surface area contributed by atoms with Crippen LogP contribution >= 0.6 is 0 Å². The Kier molecular flexibility index (Phi) is 3.33. The number of H-pyrrole nitrogens is 1. The summed E-state index contributed by atoms with van der Waals surface area (Å²) < 4.78 is 5.71. The Morgan fingerprint density at radius 2 is 1.45 bits per heavy atom. The van der Waals surface area contributed by atoms with E-state index in [0.29, 0.717) is 5.56 Å². The molecular formula is C17H13NO2. The lowest BCUT2D eigenvalue weighted by Crippen LogP contribution is -2.06. The normalized spacial score (nSPS) is 10.2. The smallest absolute Gasteiger partial charge is 0.255 e. The average Bonchev–Trinajstić information content (AvgIpc) is 2.50. The minimum atomic E-state index is -0.0933. The van der Waals surface area contributed by atoms with E-state index in [1.165, 1.54) is 0 Å². The Balaban J connectivity index is 1.85. The highest BCUT2D eigenvalue weighted by Gasteiger charge is 2.02. The van der Waals surface area contributed by atoms with Crippen molar-refractivity contribution in [1.82, 2.24) is 4.98 Å². The first-order chi connectivity index (χ1) is 9.83. The molecule has 20 heavy (non-hydrogen) atoms.